The van der Waals surface area contributed by atoms with Crippen LogP contribution in [-0.4, -0.2) is 0 Å². The van der Waals surface area contributed by atoms with Crippen molar-refractivity contribution in [3.8, 4) is 0 Å². The summed E-state index contributed by atoms with van der Waals surface area (Å²) in [5.74, 6) is -0.193. The van der Waals surface area contributed by atoms with E-state index in [0.29, 0.717) is 5.56 Å². The van der Waals surface area contributed by atoms with Crippen LogP contribution in [0.1, 0.15) is 16.0 Å². The summed E-state index contributed by atoms with van der Waals surface area (Å²) in [6, 6.07) is 13.2. The zero-order valence-electron chi connectivity index (χ0n) is 9.34. The van der Waals surface area contributed by atoms with E-state index in [1.807, 2.05) is 30.3 Å². The average Bonchev–Trinajstić information content (AvgIpc) is 2.28. The van der Waals surface area contributed by atoms with Gasteiger partial charge in [-0.3, -0.25) is 0 Å². The topological polar surface area (TPSA) is 0 Å². The average molecular weight is 437 g/mol. The van der Waals surface area contributed by atoms with Gasteiger partial charge in [0, 0.05) is 19.3 Å². The van der Waals surface area contributed by atoms with E-state index in [1.54, 1.807) is 6.07 Å². The zero-order valence-corrected chi connectivity index (χ0v) is 14.1. The molecule has 18 heavy (non-hydrogen) atoms. The molecule has 2 aromatic rings. The van der Waals surface area contributed by atoms with Gasteiger partial charge in [0.1, 0.15) is 5.82 Å². The Labute approximate surface area is 131 Å². The summed E-state index contributed by atoms with van der Waals surface area (Å²) in [7, 11) is 0. The molecular weight excluding hydrogens is 427 g/mol. The Bertz CT molecular complexity index is 554. The van der Waals surface area contributed by atoms with Crippen LogP contribution < -0.4 is 0 Å². The summed E-state index contributed by atoms with van der Waals surface area (Å²) in [4.78, 5) is -0.0279. The maximum atomic E-state index is 13.8. The molecular formula is C14H10Br3F. The Morgan fingerprint density at radius 2 is 1.72 bits per heavy atom. The summed E-state index contributed by atoms with van der Waals surface area (Å²) in [6.07, 6.45) is 0.748. The second-order valence-electron chi connectivity index (χ2n) is 3.97. The van der Waals surface area contributed by atoms with Crippen molar-refractivity contribution in [2.24, 2.45) is 0 Å². The molecule has 0 aliphatic carbocycles. The molecule has 0 aromatic heterocycles. The van der Waals surface area contributed by atoms with Gasteiger partial charge < -0.3 is 0 Å². The predicted octanol–water partition coefficient (Wildman–Crippen LogP) is 6.03. The molecule has 0 bridgehead atoms. The van der Waals surface area contributed by atoms with E-state index < -0.39 is 0 Å². The van der Waals surface area contributed by atoms with Gasteiger partial charge in [0.2, 0.25) is 0 Å². The van der Waals surface area contributed by atoms with E-state index in [4.69, 9.17) is 0 Å². The molecule has 94 valence electrons. The molecule has 0 aliphatic heterocycles. The van der Waals surface area contributed by atoms with Crippen molar-refractivity contribution in [2.45, 2.75) is 11.2 Å². The van der Waals surface area contributed by atoms with E-state index in [-0.39, 0.29) is 10.6 Å². The lowest BCUT2D eigenvalue weighted by Crippen LogP contribution is -1.98. The highest BCUT2D eigenvalue weighted by molar-refractivity contribution is 9.10. The van der Waals surface area contributed by atoms with Crippen LogP contribution in [-0.2, 0) is 6.42 Å². The van der Waals surface area contributed by atoms with Crippen molar-refractivity contribution in [2.75, 3.05) is 0 Å². The van der Waals surface area contributed by atoms with E-state index in [2.05, 4.69) is 47.8 Å². The van der Waals surface area contributed by atoms with Gasteiger partial charge in [0.05, 0.1) is 0 Å². The molecule has 0 N–H and O–H groups in total. The smallest absolute Gasteiger partial charge is 0.128 e. The summed E-state index contributed by atoms with van der Waals surface area (Å²) < 4.78 is 15.6. The Morgan fingerprint density at radius 1 is 1.00 bits per heavy atom. The van der Waals surface area contributed by atoms with Crippen LogP contribution in [0.2, 0.25) is 0 Å². The maximum absolute atomic E-state index is 13.8. The van der Waals surface area contributed by atoms with Crippen LogP contribution in [0.25, 0.3) is 0 Å². The van der Waals surface area contributed by atoms with Gasteiger partial charge in [-0.25, -0.2) is 4.39 Å². The molecule has 0 aliphatic rings. The van der Waals surface area contributed by atoms with Crippen molar-refractivity contribution < 1.29 is 4.39 Å². The Hall–Kier alpha value is -0.190. The van der Waals surface area contributed by atoms with Crippen LogP contribution in [0.5, 0.6) is 0 Å². The molecule has 0 amide bonds. The third-order valence-electron chi connectivity index (χ3n) is 2.60. The van der Waals surface area contributed by atoms with Crippen LogP contribution in [0.3, 0.4) is 0 Å². The molecule has 0 spiro atoms. The largest absolute Gasteiger partial charge is 0.207 e. The predicted molar refractivity (Wildman–Crippen MR) is 83.6 cm³/mol. The fraction of sp³-hybridized carbons (Fsp3) is 0.143. The maximum Gasteiger partial charge on any atom is 0.128 e. The zero-order chi connectivity index (χ0) is 13.1. The Balaban J connectivity index is 2.19. The summed E-state index contributed by atoms with van der Waals surface area (Å²) in [5, 5.41) is 0. The lowest BCUT2D eigenvalue weighted by atomic mass is 10.0. The van der Waals surface area contributed by atoms with Crippen molar-refractivity contribution in [1.82, 2.24) is 0 Å². The first-order valence-electron chi connectivity index (χ1n) is 5.40. The van der Waals surface area contributed by atoms with Gasteiger partial charge in [-0.05, 0) is 36.2 Å². The van der Waals surface area contributed by atoms with Crippen molar-refractivity contribution >= 4 is 47.8 Å². The second-order valence-corrected chi connectivity index (χ2v) is 6.90. The van der Waals surface area contributed by atoms with Gasteiger partial charge in [0.15, 0.2) is 0 Å². The number of hydrogen-bond acceptors (Lipinski definition) is 0. The fourth-order valence-electron chi connectivity index (χ4n) is 1.74. The summed E-state index contributed by atoms with van der Waals surface area (Å²) >= 11 is 10.2. The first-order valence-corrected chi connectivity index (χ1v) is 7.90. The van der Waals surface area contributed by atoms with E-state index in [1.165, 1.54) is 6.07 Å². The normalized spacial score (nSPS) is 12.4. The standard InChI is InChI=1S/C14H10Br3F/c15-10-3-1-2-9(6-10)7-13(17)12-5-4-11(16)8-14(12)18/h1-6,8,13H,7H2. The highest BCUT2D eigenvalue weighted by Crippen LogP contribution is 2.31. The minimum absolute atomic E-state index is 0.0279. The van der Waals surface area contributed by atoms with Crippen LogP contribution in [0.4, 0.5) is 4.39 Å². The molecule has 0 heterocycles. The lowest BCUT2D eigenvalue weighted by Gasteiger charge is -2.12. The quantitative estimate of drug-likeness (QED) is 0.515. The summed E-state index contributed by atoms with van der Waals surface area (Å²) in [5.41, 5.74) is 1.84. The molecule has 0 saturated carbocycles. The molecule has 0 saturated heterocycles. The van der Waals surface area contributed by atoms with Crippen LogP contribution in [0.15, 0.2) is 51.4 Å². The van der Waals surface area contributed by atoms with Crippen molar-refractivity contribution in [3.63, 3.8) is 0 Å². The first-order chi connectivity index (χ1) is 8.56. The highest BCUT2D eigenvalue weighted by Gasteiger charge is 2.13. The van der Waals surface area contributed by atoms with E-state index in [0.717, 1.165) is 20.9 Å². The first kappa shape index (κ1) is 14.2. The summed E-state index contributed by atoms with van der Waals surface area (Å²) in [6.45, 7) is 0. The Morgan fingerprint density at radius 3 is 2.39 bits per heavy atom. The third kappa shape index (κ3) is 3.65. The second kappa shape index (κ2) is 6.31. The Kier molecular flexibility index (Phi) is 4.98. The third-order valence-corrected chi connectivity index (χ3v) is 4.41. The molecule has 0 nitrogen and oxygen atoms in total. The molecule has 2 aromatic carbocycles. The van der Waals surface area contributed by atoms with Crippen molar-refractivity contribution in [3.05, 3.63) is 68.4 Å². The van der Waals surface area contributed by atoms with Gasteiger partial charge in [0.25, 0.3) is 0 Å². The SMILES string of the molecule is Fc1cc(Br)ccc1C(Br)Cc1cccc(Br)c1. The van der Waals surface area contributed by atoms with Crippen LogP contribution >= 0.6 is 47.8 Å². The van der Waals surface area contributed by atoms with Crippen molar-refractivity contribution in [1.29, 1.82) is 0 Å². The number of alkyl halides is 1. The molecule has 0 fully saturated rings. The number of rotatable bonds is 3. The monoisotopic (exact) mass is 434 g/mol. The van der Waals surface area contributed by atoms with E-state index in [9.17, 15) is 4.39 Å². The lowest BCUT2D eigenvalue weighted by molar-refractivity contribution is 0.607. The fourth-order valence-corrected chi connectivity index (χ4v) is 3.26. The number of benzene rings is 2. The van der Waals surface area contributed by atoms with E-state index >= 15 is 0 Å². The van der Waals surface area contributed by atoms with Gasteiger partial charge in [-0.2, -0.15) is 0 Å². The van der Waals surface area contributed by atoms with Gasteiger partial charge in [-0.15, -0.1) is 0 Å². The minimum Gasteiger partial charge on any atom is -0.207 e. The van der Waals surface area contributed by atoms with Gasteiger partial charge in [-0.1, -0.05) is 66.0 Å². The molecule has 2 rings (SSSR count). The van der Waals surface area contributed by atoms with Crippen LogP contribution in [0, 0.1) is 5.82 Å². The molecule has 1 unspecified atom stereocenters. The molecule has 1 atom stereocenters. The molecule has 0 radical (unpaired) electrons. The highest BCUT2D eigenvalue weighted by atomic mass is 79.9. The molecule has 4 heteroatoms. The minimum atomic E-state index is -0.193. The number of halogens is 4. The van der Waals surface area contributed by atoms with Gasteiger partial charge >= 0.3 is 0 Å². The number of hydrogen-bond donors (Lipinski definition) is 0.